The quantitative estimate of drug-likeness (QED) is 0.875. The van der Waals surface area contributed by atoms with Crippen molar-refractivity contribution in [1.82, 2.24) is 4.90 Å². The highest BCUT2D eigenvalue weighted by Gasteiger charge is 2.25. The van der Waals surface area contributed by atoms with E-state index in [-0.39, 0.29) is 24.5 Å². The molecule has 0 saturated carbocycles. The summed E-state index contributed by atoms with van der Waals surface area (Å²) in [5, 5.41) is 0.729. The first kappa shape index (κ1) is 18.1. The normalized spacial score (nSPS) is 16.9. The van der Waals surface area contributed by atoms with E-state index in [2.05, 4.69) is 9.98 Å². The molecule has 126 valence electrons. The number of guanidine groups is 2. The van der Waals surface area contributed by atoms with E-state index < -0.39 is 0 Å². The monoisotopic (exact) mass is 363 g/mol. The molecule has 3 rings (SSSR count). The van der Waals surface area contributed by atoms with Gasteiger partial charge in [0, 0.05) is 11.6 Å². The predicted octanol–water partition coefficient (Wildman–Crippen LogP) is 2.95. The molecule has 4 N–H and O–H groups in total. The van der Waals surface area contributed by atoms with Gasteiger partial charge in [-0.05, 0) is 29.7 Å². The second-order valence-electron chi connectivity index (χ2n) is 5.31. The maximum atomic E-state index is 6.08. The van der Waals surface area contributed by atoms with Gasteiger partial charge in [-0.3, -0.25) is 0 Å². The summed E-state index contributed by atoms with van der Waals surface area (Å²) >= 11 is 5.92. The van der Waals surface area contributed by atoms with Gasteiger partial charge >= 0.3 is 0 Å². The van der Waals surface area contributed by atoms with Crippen molar-refractivity contribution in [1.29, 1.82) is 0 Å². The van der Waals surface area contributed by atoms with Gasteiger partial charge < -0.3 is 16.4 Å². The standard InChI is InChI=1S/C17H18ClN5.ClH/c18-14-8-6-12(7-9-14)10-11-23-15(13-4-2-1-3-5-13)21-16(19)22-17(23)20;/h1-9,15H,10-11H2,(H4,19,20,21,22);1H. The molecule has 0 amide bonds. The smallest absolute Gasteiger partial charge is 0.220 e. The van der Waals surface area contributed by atoms with Crippen molar-refractivity contribution in [3.8, 4) is 0 Å². The van der Waals surface area contributed by atoms with Crippen LogP contribution in [0.15, 0.2) is 64.6 Å². The number of aliphatic imine (C=N–C) groups is 2. The molecule has 0 aromatic heterocycles. The predicted molar refractivity (Wildman–Crippen MR) is 102 cm³/mol. The maximum absolute atomic E-state index is 6.08. The van der Waals surface area contributed by atoms with Crippen LogP contribution in [0.3, 0.4) is 0 Å². The fraction of sp³-hybridized carbons (Fsp3) is 0.176. The van der Waals surface area contributed by atoms with Crippen molar-refractivity contribution in [2.75, 3.05) is 6.54 Å². The van der Waals surface area contributed by atoms with Crippen molar-refractivity contribution in [2.45, 2.75) is 12.6 Å². The van der Waals surface area contributed by atoms with Crippen molar-refractivity contribution in [3.63, 3.8) is 0 Å². The molecule has 0 saturated heterocycles. The summed E-state index contributed by atoms with van der Waals surface area (Å²) in [6.45, 7) is 0.688. The maximum Gasteiger partial charge on any atom is 0.220 e. The molecule has 5 nitrogen and oxygen atoms in total. The van der Waals surface area contributed by atoms with E-state index >= 15 is 0 Å². The van der Waals surface area contributed by atoms with Crippen LogP contribution in [0.4, 0.5) is 0 Å². The fourth-order valence-electron chi connectivity index (χ4n) is 2.55. The van der Waals surface area contributed by atoms with Gasteiger partial charge in [-0.25, -0.2) is 4.99 Å². The molecule has 0 aliphatic carbocycles. The summed E-state index contributed by atoms with van der Waals surface area (Å²) in [7, 11) is 0. The lowest BCUT2D eigenvalue weighted by Gasteiger charge is -2.32. The molecule has 0 radical (unpaired) electrons. The number of benzene rings is 2. The van der Waals surface area contributed by atoms with Crippen LogP contribution < -0.4 is 11.5 Å². The molecule has 1 aliphatic rings. The Hall–Kier alpha value is -2.24. The Balaban J connectivity index is 0.00000208. The van der Waals surface area contributed by atoms with Crippen LogP contribution in [-0.4, -0.2) is 23.4 Å². The van der Waals surface area contributed by atoms with Gasteiger partial charge in [0.25, 0.3) is 0 Å². The minimum Gasteiger partial charge on any atom is -0.369 e. The van der Waals surface area contributed by atoms with Crippen molar-refractivity contribution >= 4 is 35.9 Å². The molecule has 1 aliphatic heterocycles. The number of nitrogens with zero attached hydrogens (tertiary/aromatic N) is 3. The van der Waals surface area contributed by atoms with Gasteiger partial charge in [0.2, 0.25) is 11.9 Å². The molecule has 1 unspecified atom stereocenters. The summed E-state index contributed by atoms with van der Waals surface area (Å²) < 4.78 is 0. The fourth-order valence-corrected chi connectivity index (χ4v) is 2.67. The van der Waals surface area contributed by atoms with Gasteiger partial charge in [0.15, 0.2) is 6.17 Å². The molecule has 0 bridgehead atoms. The van der Waals surface area contributed by atoms with Crippen LogP contribution in [0.2, 0.25) is 5.02 Å². The van der Waals surface area contributed by atoms with Crippen LogP contribution in [0, 0.1) is 0 Å². The summed E-state index contributed by atoms with van der Waals surface area (Å²) in [5.74, 6) is 0.597. The highest BCUT2D eigenvalue weighted by Crippen LogP contribution is 2.24. The third kappa shape index (κ3) is 4.19. The molecule has 0 fully saturated rings. The Kier molecular flexibility index (Phi) is 6.06. The minimum absolute atomic E-state index is 0. The van der Waals surface area contributed by atoms with E-state index in [9.17, 15) is 0 Å². The highest BCUT2D eigenvalue weighted by molar-refractivity contribution is 6.30. The zero-order valence-corrected chi connectivity index (χ0v) is 14.5. The van der Waals surface area contributed by atoms with E-state index in [4.69, 9.17) is 23.1 Å². The molecule has 0 spiro atoms. The summed E-state index contributed by atoms with van der Waals surface area (Å²) in [4.78, 5) is 10.5. The van der Waals surface area contributed by atoms with Crippen LogP contribution >= 0.6 is 24.0 Å². The van der Waals surface area contributed by atoms with Gasteiger partial charge in [0.1, 0.15) is 0 Å². The van der Waals surface area contributed by atoms with E-state index in [0.29, 0.717) is 12.5 Å². The van der Waals surface area contributed by atoms with Crippen LogP contribution in [0.5, 0.6) is 0 Å². The molecule has 1 heterocycles. The Morgan fingerprint density at radius 2 is 1.67 bits per heavy atom. The van der Waals surface area contributed by atoms with Gasteiger partial charge in [0.05, 0.1) is 0 Å². The van der Waals surface area contributed by atoms with Crippen molar-refractivity contribution in [2.24, 2.45) is 21.5 Å². The third-order valence-electron chi connectivity index (χ3n) is 3.73. The molecule has 2 aromatic rings. The zero-order valence-electron chi connectivity index (χ0n) is 13.0. The van der Waals surface area contributed by atoms with E-state index in [1.54, 1.807) is 0 Å². The molecule has 2 aromatic carbocycles. The number of hydrogen-bond donors (Lipinski definition) is 2. The lowest BCUT2D eigenvalue weighted by atomic mass is 10.1. The highest BCUT2D eigenvalue weighted by atomic mass is 35.5. The van der Waals surface area contributed by atoms with Gasteiger partial charge in [-0.2, -0.15) is 4.99 Å². The average molecular weight is 364 g/mol. The number of halogens is 2. The van der Waals surface area contributed by atoms with Crippen LogP contribution in [0.1, 0.15) is 17.3 Å². The zero-order chi connectivity index (χ0) is 16.2. The Bertz CT molecular complexity index is 728. The summed E-state index contributed by atoms with van der Waals surface area (Å²) in [6.07, 6.45) is 0.563. The van der Waals surface area contributed by atoms with Gasteiger partial charge in [-0.15, -0.1) is 12.4 Å². The Morgan fingerprint density at radius 3 is 2.33 bits per heavy atom. The van der Waals surface area contributed by atoms with Crippen molar-refractivity contribution in [3.05, 3.63) is 70.7 Å². The number of rotatable bonds is 4. The van der Waals surface area contributed by atoms with Crippen molar-refractivity contribution < 1.29 is 0 Å². The van der Waals surface area contributed by atoms with E-state index in [0.717, 1.165) is 17.0 Å². The largest absolute Gasteiger partial charge is 0.369 e. The summed E-state index contributed by atoms with van der Waals surface area (Å²) in [5.41, 5.74) is 14.1. The second kappa shape index (κ2) is 8.04. The van der Waals surface area contributed by atoms with Crippen LogP contribution in [-0.2, 0) is 6.42 Å². The topological polar surface area (TPSA) is 80.0 Å². The first-order valence-corrected chi connectivity index (χ1v) is 7.75. The molecule has 1 atom stereocenters. The number of hydrogen-bond acceptors (Lipinski definition) is 5. The third-order valence-corrected chi connectivity index (χ3v) is 3.98. The van der Waals surface area contributed by atoms with Crippen LogP contribution in [0.25, 0.3) is 0 Å². The first-order chi connectivity index (χ1) is 11.1. The minimum atomic E-state index is -0.249. The molecular formula is C17H19Cl2N5. The average Bonchev–Trinajstić information content (AvgIpc) is 2.56. The second-order valence-corrected chi connectivity index (χ2v) is 5.75. The molecule has 7 heteroatoms. The Labute approximate surface area is 152 Å². The Morgan fingerprint density at radius 1 is 1.00 bits per heavy atom. The number of nitrogens with two attached hydrogens (primary N) is 2. The van der Waals surface area contributed by atoms with E-state index in [1.807, 2.05) is 59.5 Å². The lowest BCUT2D eigenvalue weighted by Crippen LogP contribution is -2.45. The first-order valence-electron chi connectivity index (χ1n) is 7.37. The SMILES string of the molecule is Cl.NC1=NC(c2ccccc2)N(CCc2ccc(Cl)cc2)C(N)=N1. The van der Waals surface area contributed by atoms with Gasteiger partial charge in [-0.1, -0.05) is 54.1 Å². The van der Waals surface area contributed by atoms with E-state index in [1.165, 1.54) is 5.56 Å². The summed E-state index contributed by atoms with van der Waals surface area (Å²) in [6, 6.07) is 17.7. The molecular weight excluding hydrogens is 345 g/mol. The lowest BCUT2D eigenvalue weighted by molar-refractivity contribution is 0.319. The molecule has 24 heavy (non-hydrogen) atoms.